The zero-order chi connectivity index (χ0) is 23.0. The Bertz CT molecular complexity index is 1200. The lowest BCUT2D eigenvalue weighted by Crippen LogP contribution is -2.49. The van der Waals surface area contributed by atoms with Gasteiger partial charge in [0.1, 0.15) is 15.8 Å². The van der Waals surface area contributed by atoms with Crippen LogP contribution in [0.2, 0.25) is 0 Å². The van der Waals surface area contributed by atoms with E-state index >= 15 is 0 Å². The standard InChI is InChI=1S/C21H23N5O4S2/c1-4-30-20(29)25-9-7-24(8-10-25)17-14(11-15-19(28)23(3)21(31)32-15)18(27)26-12-13(2)5-6-16(26)22-17/h5-6,11-12H,4,7-10H2,1-3H3. The zero-order valence-corrected chi connectivity index (χ0v) is 19.7. The molecule has 2 saturated heterocycles. The number of thiocarbonyl (C=S) groups is 1. The molecule has 0 bridgehead atoms. The van der Waals surface area contributed by atoms with Gasteiger partial charge in [-0.3, -0.25) is 18.9 Å². The number of hydrogen-bond acceptors (Lipinski definition) is 8. The summed E-state index contributed by atoms with van der Waals surface area (Å²) in [7, 11) is 1.61. The summed E-state index contributed by atoms with van der Waals surface area (Å²) in [6.45, 7) is 5.87. The zero-order valence-electron chi connectivity index (χ0n) is 18.0. The number of aromatic nitrogens is 2. The van der Waals surface area contributed by atoms with Crippen LogP contribution in [0.25, 0.3) is 11.7 Å². The molecule has 0 N–H and O–H groups in total. The highest BCUT2D eigenvalue weighted by Gasteiger charge is 2.31. The molecule has 4 heterocycles. The minimum absolute atomic E-state index is 0.244. The highest BCUT2D eigenvalue weighted by molar-refractivity contribution is 8.26. The highest BCUT2D eigenvalue weighted by atomic mass is 32.2. The first-order valence-corrected chi connectivity index (χ1v) is 11.4. The summed E-state index contributed by atoms with van der Waals surface area (Å²) in [5, 5.41) is 0. The van der Waals surface area contributed by atoms with Crippen LogP contribution in [0.15, 0.2) is 28.0 Å². The molecule has 2 aromatic rings. The second kappa shape index (κ2) is 8.91. The molecule has 4 rings (SSSR count). The van der Waals surface area contributed by atoms with Gasteiger partial charge in [-0.15, -0.1) is 0 Å². The van der Waals surface area contributed by atoms with Gasteiger partial charge in [0.05, 0.1) is 17.1 Å². The van der Waals surface area contributed by atoms with Crippen molar-refractivity contribution in [3.63, 3.8) is 0 Å². The molecule has 0 spiro atoms. The van der Waals surface area contributed by atoms with Gasteiger partial charge in [-0.25, -0.2) is 9.78 Å². The Morgan fingerprint density at radius 3 is 2.59 bits per heavy atom. The van der Waals surface area contributed by atoms with Gasteiger partial charge in [-0.1, -0.05) is 30.0 Å². The molecular weight excluding hydrogens is 450 g/mol. The third-order valence-electron chi connectivity index (χ3n) is 5.35. The molecule has 32 heavy (non-hydrogen) atoms. The molecule has 0 aromatic carbocycles. The first kappa shape index (κ1) is 22.3. The summed E-state index contributed by atoms with van der Waals surface area (Å²) in [5.74, 6) is 0.246. The van der Waals surface area contributed by atoms with Crippen LogP contribution < -0.4 is 10.5 Å². The fourth-order valence-corrected chi connectivity index (χ4v) is 4.77. The number of fused-ring (bicyclic) bond motifs is 1. The summed E-state index contributed by atoms with van der Waals surface area (Å²) in [4.78, 5) is 48.2. The molecule has 0 radical (unpaired) electrons. The predicted molar refractivity (Wildman–Crippen MR) is 128 cm³/mol. The second-order valence-corrected chi connectivity index (χ2v) is 9.18. The Balaban J connectivity index is 1.77. The molecule has 2 fully saturated rings. The van der Waals surface area contributed by atoms with Gasteiger partial charge in [0, 0.05) is 39.4 Å². The number of pyridine rings is 1. The molecule has 2 aliphatic rings. The molecular formula is C21H23N5O4S2. The molecule has 0 saturated carbocycles. The van der Waals surface area contributed by atoms with E-state index < -0.39 is 0 Å². The number of nitrogens with zero attached hydrogens (tertiary/aromatic N) is 5. The van der Waals surface area contributed by atoms with Crippen molar-refractivity contribution in [3.8, 4) is 0 Å². The third-order valence-corrected chi connectivity index (χ3v) is 6.84. The molecule has 0 atom stereocenters. The number of carbonyl (C=O) groups excluding carboxylic acids is 2. The van der Waals surface area contributed by atoms with Crippen LogP contribution >= 0.6 is 24.0 Å². The van der Waals surface area contributed by atoms with Crippen LogP contribution in [0.1, 0.15) is 18.1 Å². The lowest BCUT2D eigenvalue weighted by Gasteiger charge is -2.35. The van der Waals surface area contributed by atoms with Crippen LogP contribution in [0.3, 0.4) is 0 Å². The summed E-state index contributed by atoms with van der Waals surface area (Å²) in [6, 6.07) is 3.69. The largest absolute Gasteiger partial charge is 0.450 e. The summed E-state index contributed by atoms with van der Waals surface area (Å²) in [5.41, 5.74) is 1.50. The van der Waals surface area contributed by atoms with Crippen molar-refractivity contribution in [3.05, 3.63) is 44.7 Å². The Hall–Kier alpha value is -2.92. The first-order chi connectivity index (χ1) is 15.3. The number of likely N-dealkylation sites (N-methyl/N-ethyl adjacent to an activating group) is 1. The number of carbonyl (C=O) groups is 2. The van der Waals surface area contributed by atoms with E-state index in [0.29, 0.717) is 59.0 Å². The van der Waals surface area contributed by atoms with E-state index in [9.17, 15) is 14.4 Å². The van der Waals surface area contributed by atoms with Crippen molar-refractivity contribution >= 4 is 57.8 Å². The monoisotopic (exact) mass is 473 g/mol. The van der Waals surface area contributed by atoms with E-state index in [0.717, 1.165) is 17.3 Å². The summed E-state index contributed by atoms with van der Waals surface area (Å²) in [6.07, 6.45) is 2.97. The van der Waals surface area contributed by atoms with Crippen molar-refractivity contribution in [2.24, 2.45) is 0 Å². The Kier molecular flexibility index (Phi) is 6.20. The van der Waals surface area contributed by atoms with Crippen LogP contribution in [0.5, 0.6) is 0 Å². The van der Waals surface area contributed by atoms with E-state index in [1.165, 1.54) is 9.30 Å². The maximum atomic E-state index is 13.5. The summed E-state index contributed by atoms with van der Waals surface area (Å²) < 4.78 is 7.02. The number of anilines is 1. The normalized spacial score (nSPS) is 18.2. The van der Waals surface area contributed by atoms with Gasteiger partial charge >= 0.3 is 6.09 Å². The molecule has 2 aromatic heterocycles. The van der Waals surface area contributed by atoms with Crippen molar-refractivity contribution < 1.29 is 14.3 Å². The smallest absolute Gasteiger partial charge is 0.409 e. The molecule has 2 aliphatic heterocycles. The average Bonchev–Trinajstić information content (AvgIpc) is 3.02. The van der Waals surface area contributed by atoms with Gasteiger partial charge in [0.15, 0.2) is 0 Å². The topological polar surface area (TPSA) is 87.5 Å². The van der Waals surface area contributed by atoms with Crippen LogP contribution in [0, 0.1) is 6.92 Å². The van der Waals surface area contributed by atoms with E-state index in [-0.39, 0.29) is 17.6 Å². The predicted octanol–water partition coefficient (Wildman–Crippen LogP) is 2.11. The van der Waals surface area contributed by atoms with Crippen molar-refractivity contribution in [2.75, 3.05) is 44.7 Å². The molecule has 0 aliphatic carbocycles. The molecule has 11 heteroatoms. The lowest BCUT2D eigenvalue weighted by atomic mass is 10.2. The summed E-state index contributed by atoms with van der Waals surface area (Å²) >= 11 is 6.39. The maximum Gasteiger partial charge on any atom is 0.409 e. The minimum atomic E-state index is -0.346. The van der Waals surface area contributed by atoms with E-state index in [2.05, 4.69) is 0 Å². The number of thioether (sulfide) groups is 1. The molecule has 9 nitrogen and oxygen atoms in total. The van der Waals surface area contributed by atoms with Crippen molar-refractivity contribution in [2.45, 2.75) is 13.8 Å². The SMILES string of the molecule is CCOC(=O)N1CCN(c2nc3ccc(C)cn3c(=O)c2C=C2SC(=S)N(C)C2=O)CC1. The number of rotatable bonds is 3. The fourth-order valence-electron chi connectivity index (χ4n) is 3.61. The first-order valence-electron chi connectivity index (χ1n) is 10.2. The van der Waals surface area contributed by atoms with E-state index in [1.807, 2.05) is 17.9 Å². The number of aryl methyl sites for hydroxylation is 1. The van der Waals surface area contributed by atoms with Crippen molar-refractivity contribution in [1.29, 1.82) is 0 Å². The Morgan fingerprint density at radius 1 is 1.25 bits per heavy atom. The number of hydrogen-bond donors (Lipinski definition) is 0. The maximum absolute atomic E-state index is 13.5. The minimum Gasteiger partial charge on any atom is -0.450 e. The van der Waals surface area contributed by atoms with Gasteiger partial charge in [0.2, 0.25) is 0 Å². The van der Waals surface area contributed by atoms with Gasteiger partial charge in [-0.05, 0) is 31.6 Å². The number of ether oxygens (including phenoxy) is 1. The molecule has 168 valence electrons. The van der Waals surface area contributed by atoms with E-state index in [4.69, 9.17) is 21.9 Å². The van der Waals surface area contributed by atoms with E-state index in [1.54, 1.807) is 37.2 Å². The Morgan fingerprint density at radius 2 is 1.97 bits per heavy atom. The van der Waals surface area contributed by atoms with Gasteiger partial charge in [0.25, 0.3) is 11.5 Å². The average molecular weight is 474 g/mol. The van der Waals surface area contributed by atoms with Crippen LogP contribution in [-0.2, 0) is 9.53 Å². The molecule has 2 amide bonds. The number of amides is 2. The van der Waals surface area contributed by atoms with Crippen molar-refractivity contribution in [1.82, 2.24) is 19.2 Å². The lowest BCUT2D eigenvalue weighted by molar-refractivity contribution is -0.121. The fraction of sp³-hybridized carbons (Fsp3) is 0.381. The number of piperazine rings is 1. The van der Waals surface area contributed by atoms with Gasteiger partial charge in [-0.2, -0.15) is 0 Å². The van der Waals surface area contributed by atoms with Crippen LogP contribution in [-0.4, -0.2) is 75.3 Å². The highest BCUT2D eigenvalue weighted by Crippen LogP contribution is 2.32. The Labute approximate surface area is 194 Å². The van der Waals surface area contributed by atoms with Gasteiger partial charge < -0.3 is 14.5 Å². The quantitative estimate of drug-likeness (QED) is 0.495. The third kappa shape index (κ3) is 4.09. The van der Waals surface area contributed by atoms with Crippen LogP contribution in [0.4, 0.5) is 10.6 Å². The second-order valence-electron chi connectivity index (χ2n) is 7.50. The molecule has 0 unspecified atom stereocenters.